The van der Waals surface area contributed by atoms with Gasteiger partial charge in [0.15, 0.2) is 0 Å². The number of benzene rings is 2. The number of rotatable bonds is 5. The van der Waals surface area contributed by atoms with E-state index in [1.807, 2.05) is 58.0 Å². The van der Waals surface area contributed by atoms with E-state index in [1.54, 1.807) is 24.1 Å². The first-order valence-corrected chi connectivity index (χ1v) is 10.0. The van der Waals surface area contributed by atoms with Crippen LogP contribution in [0.25, 0.3) is 0 Å². The van der Waals surface area contributed by atoms with Gasteiger partial charge in [0.1, 0.15) is 11.8 Å². The van der Waals surface area contributed by atoms with Crippen molar-refractivity contribution in [1.29, 1.82) is 0 Å². The number of carbonyl (C=O) groups excluding carboxylic acids is 2. The van der Waals surface area contributed by atoms with Gasteiger partial charge in [-0.15, -0.1) is 0 Å². The highest BCUT2D eigenvalue weighted by Crippen LogP contribution is 2.37. The minimum Gasteiger partial charge on any atom is -0.497 e. The maximum atomic E-state index is 13.2. The molecule has 0 radical (unpaired) electrons. The van der Waals surface area contributed by atoms with Crippen molar-refractivity contribution >= 4 is 23.4 Å². The number of nitrogens with one attached hydrogen (secondary N) is 1. The molecule has 0 spiro atoms. The highest BCUT2D eigenvalue weighted by Gasteiger charge is 2.42. The van der Waals surface area contributed by atoms with Crippen molar-refractivity contribution in [2.75, 3.05) is 13.7 Å². The number of fused-ring (bicyclic) bond motifs is 1. The summed E-state index contributed by atoms with van der Waals surface area (Å²) in [6.07, 6.45) is 0. The summed E-state index contributed by atoms with van der Waals surface area (Å²) in [6.45, 7) is 8.24. The highest BCUT2D eigenvalue weighted by atomic mass is 35.5. The van der Waals surface area contributed by atoms with Gasteiger partial charge >= 0.3 is 0 Å². The molecular weight excluding hydrogens is 388 g/mol. The summed E-state index contributed by atoms with van der Waals surface area (Å²) >= 11 is 6.00. The molecule has 1 aliphatic rings. The predicted octanol–water partition coefficient (Wildman–Crippen LogP) is 4.56. The first-order valence-electron chi connectivity index (χ1n) is 9.67. The molecule has 1 aliphatic heterocycles. The van der Waals surface area contributed by atoms with E-state index < -0.39 is 11.6 Å². The third-order valence-electron chi connectivity index (χ3n) is 5.01. The van der Waals surface area contributed by atoms with Gasteiger partial charge < -0.3 is 15.0 Å². The normalized spacial score (nSPS) is 17.1. The van der Waals surface area contributed by atoms with Crippen molar-refractivity contribution in [2.24, 2.45) is 0 Å². The van der Waals surface area contributed by atoms with E-state index in [-0.39, 0.29) is 17.7 Å². The standard InChI is InChI=1S/C23H27ClN2O3/c1-14(15-6-8-16(24)9-7-15)13-26-20(21(27)25-23(2,3)4)18-11-10-17(29-5)12-19(18)22(26)28/h6-12,14,20H,13H2,1-5H3,(H,25,27). The van der Waals surface area contributed by atoms with Gasteiger partial charge in [-0.25, -0.2) is 0 Å². The first-order chi connectivity index (χ1) is 13.6. The zero-order chi connectivity index (χ0) is 21.3. The molecule has 0 bridgehead atoms. The fourth-order valence-electron chi connectivity index (χ4n) is 3.63. The largest absolute Gasteiger partial charge is 0.497 e. The number of amides is 2. The third kappa shape index (κ3) is 4.56. The Labute approximate surface area is 177 Å². The van der Waals surface area contributed by atoms with Gasteiger partial charge in [0.05, 0.1) is 7.11 Å². The van der Waals surface area contributed by atoms with E-state index in [2.05, 4.69) is 5.32 Å². The van der Waals surface area contributed by atoms with Crippen molar-refractivity contribution in [3.63, 3.8) is 0 Å². The van der Waals surface area contributed by atoms with Gasteiger partial charge in [-0.1, -0.05) is 36.7 Å². The minimum absolute atomic E-state index is 0.0392. The lowest BCUT2D eigenvalue weighted by molar-refractivity contribution is -0.127. The highest BCUT2D eigenvalue weighted by molar-refractivity contribution is 6.30. The maximum Gasteiger partial charge on any atom is 0.255 e. The van der Waals surface area contributed by atoms with Gasteiger partial charge in [0.25, 0.3) is 5.91 Å². The van der Waals surface area contributed by atoms with Crippen molar-refractivity contribution in [1.82, 2.24) is 10.2 Å². The number of ether oxygens (including phenoxy) is 1. The van der Waals surface area contributed by atoms with E-state index in [4.69, 9.17) is 16.3 Å². The topological polar surface area (TPSA) is 58.6 Å². The lowest BCUT2D eigenvalue weighted by Gasteiger charge is -2.30. The van der Waals surface area contributed by atoms with Crippen LogP contribution in [0.2, 0.25) is 5.02 Å². The molecule has 2 atom stereocenters. The Bertz CT molecular complexity index is 919. The van der Waals surface area contributed by atoms with Crippen LogP contribution < -0.4 is 10.1 Å². The van der Waals surface area contributed by atoms with Gasteiger partial charge in [-0.2, -0.15) is 0 Å². The van der Waals surface area contributed by atoms with Crippen LogP contribution in [0.3, 0.4) is 0 Å². The molecule has 1 heterocycles. The summed E-state index contributed by atoms with van der Waals surface area (Å²) in [6, 6.07) is 12.2. The molecule has 2 unspecified atom stereocenters. The SMILES string of the molecule is COc1ccc2c(c1)C(=O)N(CC(C)c1ccc(Cl)cc1)C2C(=O)NC(C)(C)C. The van der Waals surface area contributed by atoms with Crippen LogP contribution in [-0.2, 0) is 4.79 Å². The first kappa shape index (κ1) is 21.2. The fourth-order valence-corrected chi connectivity index (χ4v) is 3.75. The van der Waals surface area contributed by atoms with E-state index in [1.165, 1.54) is 0 Å². The average Bonchev–Trinajstić information content (AvgIpc) is 2.92. The van der Waals surface area contributed by atoms with E-state index >= 15 is 0 Å². The van der Waals surface area contributed by atoms with Gasteiger partial charge in [0.2, 0.25) is 5.91 Å². The molecule has 29 heavy (non-hydrogen) atoms. The maximum absolute atomic E-state index is 13.2. The van der Waals surface area contributed by atoms with Crippen molar-refractivity contribution in [3.8, 4) is 5.75 Å². The quantitative estimate of drug-likeness (QED) is 0.779. The van der Waals surface area contributed by atoms with Crippen LogP contribution in [0, 0.1) is 0 Å². The molecule has 0 aromatic heterocycles. The van der Waals surface area contributed by atoms with Crippen molar-refractivity contribution in [2.45, 2.75) is 45.2 Å². The van der Waals surface area contributed by atoms with Gasteiger partial charge in [-0.3, -0.25) is 9.59 Å². The van der Waals surface area contributed by atoms with Crippen LogP contribution in [-0.4, -0.2) is 35.9 Å². The number of methoxy groups -OCH3 is 1. The second kappa shape index (κ2) is 8.07. The molecule has 0 saturated heterocycles. The Morgan fingerprint density at radius 1 is 1.21 bits per heavy atom. The smallest absolute Gasteiger partial charge is 0.255 e. The van der Waals surface area contributed by atoms with Crippen LogP contribution in [0.15, 0.2) is 42.5 Å². The van der Waals surface area contributed by atoms with E-state index in [0.29, 0.717) is 28.4 Å². The molecule has 0 fully saturated rings. The number of hydrogen-bond acceptors (Lipinski definition) is 3. The second-order valence-corrected chi connectivity index (χ2v) is 8.94. The van der Waals surface area contributed by atoms with E-state index in [0.717, 1.165) is 5.56 Å². The second-order valence-electron chi connectivity index (χ2n) is 8.51. The summed E-state index contributed by atoms with van der Waals surface area (Å²) in [5.41, 5.74) is 1.89. The Balaban J connectivity index is 1.95. The average molecular weight is 415 g/mol. The predicted molar refractivity (Wildman–Crippen MR) is 115 cm³/mol. The zero-order valence-electron chi connectivity index (χ0n) is 17.5. The molecule has 2 aromatic carbocycles. The third-order valence-corrected chi connectivity index (χ3v) is 5.27. The van der Waals surface area contributed by atoms with Crippen LogP contribution in [0.5, 0.6) is 5.75 Å². The molecule has 6 heteroatoms. The Morgan fingerprint density at radius 2 is 1.86 bits per heavy atom. The Kier molecular flexibility index (Phi) is 5.90. The van der Waals surface area contributed by atoms with Crippen LogP contribution >= 0.6 is 11.6 Å². The molecule has 1 N–H and O–H groups in total. The molecule has 0 saturated carbocycles. The molecule has 2 aromatic rings. The van der Waals surface area contributed by atoms with Crippen molar-refractivity contribution in [3.05, 3.63) is 64.2 Å². The monoisotopic (exact) mass is 414 g/mol. The molecule has 5 nitrogen and oxygen atoms in total. The van der Waals surface area contributed by atoms with Crippen molar-refractivity contribution < 1.29 is 14.3 Å². The molecule has 2 amide bonds. The number of hydrogen-bond donors (Lipinski definition) is 1. The Morgan fingerprint density at radius 3 is 2.45 bits per heavy atom. The van der Waals surface area contributed by atoms with Gasteiger partial charge in [0, 0.05) is 22.7 Å². The Hall–Kier alpha value is -2.53. The summed E-state index contributed by atoms with van der Waals surface area (Å²) in [7, 11) is 1.56. The lowest BCUT2D eigenvalue weighted by atomic mass is 9.99. The number of carbonyl (C=O) groups is 2. The molecule has 3 rings (SSSR count). The molecular formula is C23H27ClN2O3. The minimum atomic E-state index is -0.669. The lowest BCUT2D eigenvalue weighted by Crippen LogP contribution is -2.47. The van der Waals surface area contributed by atoms with Crippen LogP contribution in [0.1, 0.15) is 61.1 Å². The molecule has 0 aliphatic carbocycles. The molecule has 154 valence electrons. The number of halogens is 1. The van der Waals surface area contributed by atoms with E-state index in [9.17, 15) is 9.59 Å². The summed E-state index contributed by atoms with van der Waals surface area (Å²) in [5, 5.41) is 3.69. The van der Waals surface area contributed by atoms with Crippen LogP contribution in [0.4, 0.5) is 0 Å². The van der Waals surface area contributed by atoms with Gasteiger partial charge in [-0.05, 0) is 62.1 Å². The summed E-state index contributed by atoms with van der Waals surface area (Å²) in [5.74, 6) is 0.295. The zero-order valence-corrected chi connectivity index (χ0v) is 18.2. The fraction of sp³-hybridized carbons (Fsp3) is 0.391. The number of nitrogens with zero attached hydrogens (tertiary/aromatic N) is 1. The summed E-state index contributed by atoms with van der Waals surface area (Å²) < 4.78 is 5.28. The summed E-state index contributed by atoms with van der Waals surface area (Å²) in [4.78, 5) is 28.0.